The zero-order valence-electron chi connectivity index (χ0n) is 11.3. The molecule has 0 amide bonds. The van der Waals surface area contributed by atoms with Gasteiger partial charge in [0.2, 0.25) is 0 Å². The van der Waals surface area contributed by atoms with Crippen LogP contribution in [0.4, 0.5) is 0 Å². The largest absolute Gasteiger partial charge is 0.316 e. The molecule has 0 spiro atoms. The number of hydrogen-bond acceptors (Lipinski definition) is 2. The summed E-state index contributed by atoms with van der Waals surface area (Å²) in [6.45, 7) is 2.58. The van der Waals surface area contributed by atoms with Crippen LogP contribution in [0.25, 0.3) is 0 Å². The Hall–Kier alpha value is -0.0800. The minimum Gasteiger partial charge on any atom is -0.316 e. The molecule has 3 aliphatic rings. The second kappa shape index (κ2) is 5.27. The third kappa shape index (κ3) is 2.68. The van der Waals surface area contributed by atoms with Crippen molar-refractivity contribution in [3.05, 3.63) is 0 Å². The third-order valence-electron chi connectivity index (χ3n) is 5.54. The van der Waals surface area contributed by atoms with Crippen LogP contribution in [-0.2, 0) is 0 Å². The molecular weight excluding hydrogens is 208 g/mol. The molecule has 2 heteroatoms. The van der Waals surface area contributed by atoms with Crippen LogP contribution in [0.2, 0.25) is 0 Å². The summed E-state index contributed by atoms with van der Waals surface area (Å²) in [4.78, 5) is 2.65. The SMILES string of the molecule is CN1C2CCC1CC(CNCC1CCCC1)C2. The first kappa shape index (κ1) is 12.0. The molecule has 2 aliphatic heterocycles. The van der Waals surface area contributed by atoms with Gasteiger partial charge < -0.3 is 10.2 Å². The molecule has 2 atom stereocenters. The van der Waals surface area contributed by atoms with Crippen LogP contribution in [0.15, 0.2) is 0 Å². The summed E-state index contributed by atoms with van der Waals surface area (Å²) < 4.78 is 0. The van der Waals surface area contributed by atoms with Crippen molar-refractivity contribution in [2.75, 3.05) is 20.1 Å². The number of fused-ring (bicyclic) bond motifs is 2. The molecule has 98 valence electrons. The molecule has 3 fully saturated rings. The molecule has 2 bridgehead atoms. The minimum absolute atomic E-state index is 0.909. The molecule has 2 saturated heterocycles. The molecule has 1 saturated carbocycles. The van der Waals surface area contributed by atoms with E-state index in [1.165, 1.54) is 64.5 Å². The van der Waals surface area contributed by atoms with Crippen LogP contribution in [0.1, 0.15) is 51.4 Å². The number of rotatable bonds is 4. The van der Waals surface area contributed by atoms with Gasteiger partial charge in [-0.1, -0.05) is 12.8 Å². The average Bonchev–Trinajstić information content (AvgIpc) is 2.87. The molecule has 0 aromatic rings. The van der Waals surface area contributed by atoms with Gasteiger partial charge >= 0.3 is 0 Å². The smallest absolute Gasteiger partial charge is 0.00988 e. The van der Waals surface area contributed by atoms with Gasteiger partial charge in [0.1, 0.15) is 0 Å². The zero-order chi connectivity index (χ0) is 11.7. The van der Waals surface area contributed by atoms with E-state index in [-0.39, 0.29) is 0 Å². The molecule has 0 aromatic heterocycles. The van der Waals surface area contributed by atoms with Crippen molar-refractivity contribution in [2.24, 2.45) is 11.8 Å². The number of piperidine rings is 1. The molecule has 1 aliphatic carbocycles. The average molecular weight is 236 g/mol. The predicted octanol–water partition coefficient (Wildman–Crippen LogP) is 2.64. The number of hydrogen-bond donors (Lipinski definition) is 1. The Morgan fingerprint density at radius 3 is 2.12 bits per heavy atom. The van der Waals surface area contributed by atoms with Crippen molar-refractivity contribution in [3.8, 4) is 0 Å². The van der Waals surface area contributed by atoms with E-state index in [2.05, 4.69) is 17.3 Å². The fraction of sp³-hybridized carbons (Fsp3) is 1.00. The Balaban J connectivity index is 1.38. The first-order chi connectivity index (χ1) is 8.33. The standard InChI is InChI=1S/C15H28N2/c1-17-14-6-7-15(17)9-13(8-14)11-16-10-12-4-2-3-5-12/h12-16H,2-11H2,1H3. The lowest BCUT2D eigenvalue weighted by molar-refractivity contribution is 0.132. The Labute approximate surface area is 106 Å². The van der Waals surface area contributed by atoms with E-state index in [0.29, 0.717) is 0 Å². The van der Waals surface area contributed by atoms with Gasteiger partial charge in [-0.15, -0.1) is 0 Å². The van der Waals surface area contributed by atoms with E-state index in [1.807, 2.05) is 0 Å². The van der Waals surface area contributed by atoms with Gasteiger partial charge in [-0.25, -0.2) is 0 Å². The van der Waals surface area contributed by atoms with E-state index in [0.717, 1.165) is 23.9 Å². The van der Waals surface area contributed by atoms with Gasteiger partial charge in [0, 0.05) is 12.1 Å². The van der Waals surface area contributed by atoms with Gasteiger partial charge in [-0.2, -0.15) is 0 Å². The van der Waals surface area contributed by atoms with Crippen LogP contribution in [0, 0.1) is 11.8 Å². The molecule has 3 rings (SSSR count). The fourth-order valence-electron chi connectivity index (χ4n) is 4.40. The van der Waals surface area contributed by atoms with Crippen molar-refractivity contribution in [1.82, 2.24) is 10.2 Å². The van der Waals surface area contributed by atoms with Crippen molar-refractivity contribution >= 4 is 0 Å². The van der Waals surface area contributed by atoms with Crippen LogP contribution in [0.3, 0.4) is 0 Å². The summed E-state index contributed by atoms with van der Waals surface area (Å²) in [7, 11) is 2.34. The van der Waals surface area contributed by atoms with E-state index in [9.17, 15) is 0 Å². The van der Waals surface area contributed by atoms with E-state index in [4.69, 9.17) is 0 Å². The molecule has 17 heavy (non-hydrogen) atoms. The topological polar surface area (TPSA) is 15.3 Å². The Bertz CT molecular complexity index is 233. The first-order valence-corrected chi connectivity index (χ1v) is 7.75. The Kier molecular flexibility index (Phi) is 3.72. The maximum Gasteiger partial charge on any atom is 0.00988 e. The van der Waals surface area contributed by atoms with Crippen molar-refractivity contribution < 1.29 is 0 Å². The third-order valence-corrected chi connectivity index (χ3v) is 5.54. The van der Waals surface area contributed by atoms with Crippen molar-refractivity contribution in [2.45, 2.75) is 63.5 Å². The summed E-state index contributed by atoms with van der Waals surface area (Å²) in [5, 5.41) is 3.76. The highest BCUT2D eigenvalue weighted by Crippen LogP contribution is 2.37. The summed E-state index contributed by atoms with van der Waals surface area (Å²) in [6.07, 6.45) is 11.7. The molecule has 0 aromatic carbocycles. The summed E-state index contributed by atoms with van der Waals surface area (Å²) in [5.41, 5.74) is 0. The summed E-state index contributed by atoms with van der Waals surface area (Å²) in [5.74, 6) is 1.96. The van der Waals surface area contributed by atoms with Crippen molar-refractivity contribution in [3.63, 3.8) is 0 Å². The zero-order valence-corrected chi connectivity index (χ0v) is 11.3. The van der Waals surface area contributed by atoms with E-state index >= 15 is 0 Å². The lowest BCUT2D eigenvalue weighted by Gasteiger charge is -2.36. The Morgan fingerprint density at radius 1 is 0.882 bits per heavy atom. The van der Waals surface area contributed by atoms with Crippen LogP contribution in [0.5, 0.6) is 0 Å². The second-order valence-electron chi connectivity index (χ2n) is 6.70. The van der Waals surface area contributed by atoms with Crippen LogP contribution in [-0.4, -0.2) is 37.1 Å². The maximum atomic E-state index is 3.76. The molecule has 1 N–H and O–H groups in total. The molecule has 0 radical (unpaired) electrons. The number of nitrogens with one attached hydrogen (secondary N) is 1. The van der Waals surface area contributed by atoms with Crippen molar-refractivity contribution in [1.29, 1.82) is 0 Å². The minimum atomic E-state index is 0.909. The number of nitrogens with zero attached hydrogens (tertiary/aromatic N) is 1. The van der Waals surface area contributed by atoms with Gasteiger partial charge in [-0.3, -0.25) is 0 Å². The lowest BCUT2D eigenvalue weighted by Crippen LogP contribution is -2.42. The predicted molar refractivity (Wildman–Crippen MR) is 72.1 cm³/mol. The highest BCUT2D eigenvalue weighted by molar-refractivity contribution is 4.93. The molecular formula is C15H28N2. The molecule has 2 nitrogen and oxygen atoms in total. The quantitative estimate of drug-likeness (QED) is 0.807. The summed E-state index contributed by atoms with van der Waals surface area (Å²) in [6, 6.07) is 1.82. The fourth-order valence-corrected chi connectivity index (χ4v) is 4.40. The van der Waals surface area contributed by atoms with Gasteiger partial charge in [0.05, 0.1) is 0 Å². The molecule has 2 unspecified atom stereocenters. The van der Waals surface area contributed by atoms with E-state index in [1.54, 1.807) is 0 Å². The van der Waals surface area contributed by atoms with Gasteiger partial charge in [0.15, 0.2) is 0 Å². The Morgan fingerprint density at radius 2 is 1.47 bits per heavy atom. The lowest BCUT2D eigenvalue weighted by atomic mass is 9.91. The highest BCUT2D eigenvalue weighted by Gasteiger charge is 2.37. The van der Waals surface area contributed by atoms with Crippen LogP contribution >= 0.6 is 0 Å². The molecule has 2 heterocycles. The van der Waals surface area contributed by atoms with Gasteiger partial charge in [0.25, 0.3) is 0 Å². The highest BCUT2D eigenvalue weighted by atomic mass is 15.2. The normalized spacial score (nSPS) is 39.0. The second-order valence-corrected chi connectivity index (χ2v) is 6.70. The van der Waals surface area contributed by atoms with Gasteiger partial charge in [-0.05, 0) is 70.5 Å². The first-order valence-electron chi connectivity index (χ1n) is 7.75. The monoisotopic (exact) mass is 236 g/mol. The maximum absolute atomic E-state index is 3.76. The summed E-state index contributed by atoms with van der Waals surface area (Å²) >= 11 is 0. The van der Waals surface area contributed by atoms with Crippen LogP contribution < -0.4 is 5.32 Å². The van der Waals surface area contributed by atoms with E-state index < -0.39 is 0 Å².